The van der Waals surface area contributed by atoms with Crippen molar-refractivity contribution in [1.82, 2.24) is 20.9 Å². The van der Waals surface area contributed by atoms with E-state index in [1.54, 1.807) is 33.8 Å². The SMILES string of the molecule is CC(C)[C@H](N)C(=O)SCC(/C=C/[C@@H]1CC(=O)NCc2nc(cs2)C(=O)NC(C)(C)C(=O)N[C@@H](C(C)C)C(=O)O1)OS(=O)(=O)c1ccccc1. The third-order valence-corrected chi connectivity index (χ3v) is 10.5. The van der Waals surface area contributed by atoms with Crippen LogP contribution in [-0.4, -0.2) is 77.8 Å². The maximum atomic E-state index is 13.5. The molecule has 0 saturated heterocycles. The van der Waals surface area contributed by atoms with Crippen molar-refractivity contribution in [3.8, 4) is 0 Å². The first-order chi connectivity index (χ1) is 22.9. The van der Waals surface area contributed by atoms with Crippen molar-refractivity contribution in [2.24, 2.45) is 17.6 Å². The van der Waals surface area contributed by atoms with Gasteiger partial charge in [0.05, 0.1) is 23.9 Å². The zero-order chi connectivity index (χ0) is 36.5. The molecule has 0 radical (unpaired) electrons. The third kappa shape index (κ3) is 11.7. The van der Waals surface area contributed by atoms with Crippen molar-refractivity contribution in [2.75, 3.05) is 5.75 Å². The Morgan fingerprint density at radius 1 is 1.16 bits per heavy atom. The molecule has 1 aliphatic heterocycles. The summed E-state index contributed by atoms with van der Waals surface area (Å²) in [5.41, 5.74) is 4.61. The van der Waals surface area contributed by atoms with Gasteiger partial charge in [-0.25, -0.2) is 9.78 Å². The molecule has 3 amide bonds. The Morgan fingerprint density at radius 2 is 1.84 bits per heavy atom. The van der Waals surface area contributed by atoms with E-state index in [9.17, 15) is 32.4 Å². The van der Waals surface area contributed by atoms with Crippen molar-refractivity contribution in [3.05, 3.63) is 58.6 Å². The minimum absolute atomic E-state index is 0.0322. The minimum atomic E-state index is -4.30. The lowest BCUT2D eigenvalue weighted by Crippen LogP contribution is -2.59. The molecule has 14 nitrogen and oxygen atoms in total. The van der Waals surface area contributed by atoms with Crippen LogP contribution in [0.2, 0.25) is 0 Å². The van der Waals surface area contributed by atoms with Gasteiger partial charge in [-0.3, -0.25) is 23.4 Å². The highest BCUT2D eigenvalue weighted by molar-refractivity contribution is 8.13. The second-order valence-electron chi connectivity index (χ2n) is 12.5. The van der Waals surface area contributed by atoms with E-state index < -0.39 is 76.0 Å². The van der Waals surface area contributed by atoms with Gasteiger partial charge in [-0.2, -0.15) is 8.42 Å². The molecule has 268 valence electrons. The first-order valence-corrected chi connectivity index (χ1v) is 18.8. The Bertz CT molecular complexity index is 1640. The van der Waals surface area contributed by atoms with Crippen LogP contribution in [0, 0.1) is 11.8 Å². The third-order valence-electron chi connectivity index (χ3n) is 7.28. The largest absolute Gasteiger partial charge is 0.456 e. The summed E-state index contributed by atoms with van der Waals surface area (Å²) in [7, 11) is -4.30. The smallest absolute Gasteiger partial charge is 0.329 e. The summed E-state index contributed by atoms with van der Waals surface area (Å²) in [6, 6.07) is 5.44. The van der Waals surface area contributed by atoms with Gasteiger partial charge < -0.3 is 26.4 Å². The normalized spacial score (nSPS) is 20.8. The van der Waals surface area contributed by atoms with Crippen LogP contribution in [0.4, 0.5) is 0 Å². The summed E-state index contributed by atoms with van der Waals surface area (Å²) in [6.45, 7) is 9.85. The number of thiazole rings is 1. The van der Waals surface area contributed by atoms with E-state index in [1.165, 1.54) is 55.6 Å². The molecule has 2 aromatic rings. The molecule has 49 heavy (non-hydrogen) atoms. The number of rotatable bonds is 10. The molecule has 17 heteroatoms. The van der Waals surface area contributed by atoms with Crippen LogP contribution in [0.15, 0.2) is 52.8 Å². The topological polar surface area (TPSA) is 213 Å². The number of aromatic nitrogens is 1. The van der Waals surface area contributed by atoms with E-state index in [4.69, 9.17) is 14.7 Å². The summed E-state index contributed by atoms with van der Waals surface area (Å²) >= 11 is 1.92. The number of fused-ring (bicyclic) bond motifs is 2. The molecule has 2 heterocycles. The number of benzene rings is 1. The average Bonchev–Trinajstić information content (AvgIpc) is 3.52. The Labute approximate surface area is 294 Å². The van der Waals surface area contributed by atoms with E-state index in [-0.39, 0.29) is 33.9 Å². The Morgan fingerprint density at radius 3 is 2.47 bits per heavy atom. The number of ether oxygens (including phenoxy) is 1. The predicted octanol–water partition coefficient (Wildman–Crippen LogP) is 2.30. The molecule has 2 bridgehead atoms. The first-order valence-electron chi connectivity index (χ1n) is 15.5. The van der Waals surface area contributed by atoms with Crippen LogP contribution < -0.4 is 21.7 Å². The molecule has 0 saturated carbocycles. The maximum absolute atomic E-state index is 13.5. The molecule has 1 aliphatic rings. The summed E-state index contributed by atoms with van der Waals surface area (Å²) in [5.74, 6) is -3.48. The van der Waals surface area contributed by atoms with Crippen LogP contribution >= 0.6 is 23.1 Å². The molecule has 0 aliphatic carbocycles. The van der Waals surface area contributed by atoms with Gasteiger partial charge in [0.25, 0.3) is 16.0 Å². The zero-order valence-electron chi connectivity index (χ0n) is 28.1. The average molecular weight is 738 g/mol. The fourth-order valence-electron chi connectivity index (χ4n) is 4.22. The van der Waals surface area contributed by atoms with Gasteiger partial charge in [0.1, 0.15) is 34.5 Å². The number of nitrogens with zero attached hydrogens (tertiary/aromatic N) is 1. The fraction of sp³-hybridized carbons (Fsp3) is 0.500. The number of carbonyl (C=O) groups is 5. The summed E-state index contributed by atoms with van der Waals surface area (Å²) in [6.07, 6.45) is -0.265. The van der Waals surface area contributed by atoms with Gasteiger partial charge in [-0.15, -0.1) is 11.3 Å². The lowest BCUT2D eigenvalue weighted by molar-refractivity contribution is -0.153. The van der Waals surface area contributed by atoms with Crippen molar-refractivity contribution in [2.45, 2.75) is 89.2 Å². The molecule has 4 atom stereocenters. The van der Waals surface area contributed by atoms with Gasteiger partial charge in [-0.1, -0.05) is 63.7 Å². The Hall–Kier alpha value is -3.64. The molecule has 3 rings (SSSR count). The van der Waals surface area contributed by atoms with Gasteiger partial charge in [0, 0.05) is 11.1 Å². The number of hydrogen-bond donors (Lipinski definition) is 4. The van der Waals surface area contributed by atoms with Crippen LogP contribution in [0.1, 0.15) is 63.5 Å². The van der Waals surface area contributed by atoms with E-state index in [2.05, 4.69) is 20.9 Å². The highest BCUT2D eigenvalue weighted by Gasteiger charge is 2.36. The summed E-state index contributed by atoms with van der Waals surface area (Å²) in [5, 5.41) is 9.47. The van der Waals surface area contributed by atoms with Crippen LogP contribution in [0.3, 0.4) is 0 Å². The Balaban J connectivity index is 1.95. The molecule has 1 unspecified atom stereocenters. The van der Waals surface area contributed by atoms with Crippen molar-refractivity contribution < 1.29 is 41.3 Å². The molecular weight excluding hydrogens is 695 g/mol. The molecule has 0 fully saturated rings. The van der Waals surface area contributed by atoms with Gasteiger partial charge >= 0.3 is 5.97 Å². The standard InChI is InChI=1S/C32H43N5O9S3/c1-18(2)26(33)30(41)48-16-21(46-49(43,44)22-10-8-7-9-11-22)13-12-20-14-24(38)34-15-25-35-23(17-47-25)28(39)37-32(5,6)31(42)36-27(19(3)4)29(40)45-20/h7-13,17-21,26-27H,14-16,33H2,1-6H3,(H,34,38)(H,36,42)(H,37,39)/b13-12+/t20-,21?,26+,27+/m1/s1. The molecular formula is C32H43N5O9S3. The van der Waals surface area contributed by atoms with Crippen molar-refractivity contribution in [1.29, 1.82) is 0 Å². The molecule has 0 spiro atoms. The zero-order valence-corrected chi connectivity index (χ0v) is 30.6. The first kappa shape index (κ1) is 39.8. The number of carbonyl (C=O) groups excluding carboxylic acids is 5. The van der Waals surface area contributed by atoms with Gasteiger partial charge in [0.15, 0.2) is 0 Å². The number of esters is 1. The van der Waals surface area contributed by atoms with Crippen molar-refractivity contribution in [3.63, 3.8) is 0 Å². The molecule has 1 aromatic carbocycles. The van der Waals surface area contributed by atoms with Crippen molar-refractivity contribution >= 4 is 62.0 Å². The number of amides is 3. The summed E-state index contributed by atoms with van der Waals surface area (Å²) in [4.78, 5) is 69.4. The van der Waals surface area contributed by atoms with Gasteiger partial charge in [0.2, 0.25) is 16.9 Å². The highest BCUT2D eigenvalue weighted by atomic mass is 32.2. The lowest BCUT2D eigenvalue weighted by Gasteiger charge is -2.29. The van der Waals surface area contributed by atoms with Crippen LogP contribution in [0.25, 0.3) is 0 Å². The van der Waals surface area contributed by atoms with Gasteiger partial charge in [-0.05, 0) is 43.9 Å². The summed E-state index contributed by atoms with van der Waals surface area (Å²) < 4.78 is 37.5. The number of cyclic esters (lactones) is 1. The monoisotopic (exact) mass is 737 g/mol. The number of thioether (sulfide) groups is 1. The van der Waals surface area contributed by atoms with E-state index in [0.29, 0.717) is 5.01 Å². The number of hydrogen-bond acceptors (Lipinski definition) is 13. The maximum Gasteiger partial charge on any atom is 0.329 e. The van der Waals surface area contributed by atoms with E-state index >= 15 is 0 Å². The van der Waals surface area contributed by atoms with E-state index in [0.717, 1.165) is 23.1 Å². The second-order valence-corrected chi connectivity index (χ2v) is 16.1. The highest BCUT2D eigenvalue weighted by Crippen LogP contribution is 2.21. The lowest BCUT2D eigenvalue weighted by atomic mass is 9.99. The Kier molecular flexibility index (Phi) is 14.1. The van der Waals surface area contributed by atoms with E-state index in [1.807, 2.05) is 0 Å². The van der Waals surface area contributed by atoms with Crippen LogP contribution in [0.5, 0.6) is 0 Å². The quantitative estimate of drug-likeness (QED) is 0.157. The predicted molar refractivity (Wildman–Crippen MR) is 185 cm³/mol. The second kappa shape index (κ2) is 17.3. The fourth-order valence-corrected chi connectivity index (χ4v) is 7.05. The van der Waals surface area contributed by atoms with Crippen LogP contribution in [-0.2, 0) is 44.8 Å². The number of nitrogens with two attached hydrogens (primary N) is 1. The number of nitrogens with one attached hydrogen (secondary N) is 3. The molecule has 1 aromatic heterocycles. The minimum Gasteiger partial charge on any atom is -0.456 e. The molecule has 5 N–H and O–H groups in total.